The van der Waals surface area contributed by atoms with Gasteiger partial charge in [-0.1, -0.05) is 37.3 Å². The first-order chi connectivity index (χ1) is 9.22. The molecule has 0 aliphatic carbocycles. The van der Waals surface area contributed by atoms with Crippen LogP contribution >= 0.6 is 0 Å². The van der Waals surface area contributed by atoms with Gasteiger partial charge in [0.05, 0.1) is 6.04 Å². The lowest BCUT2D eigenvalue weighted by atomic mass is 10.1. The number of phenols is 1. The molecule has 2 rings (SSSR count). The molecule has 19 heavy (non-hydrogen) atoms. The van der Waals surface area contributed by atoms with Gasteiger partial charge >= 0.3 is 0 Å². The van der Waals surface area contributed by atoms with Gasteiger partial charge in [0.15, 0.2) is 0 Å². The van der Waals surface area contributed by atoms with Crippen molar-refractivity contribution in [1.29, 1.82) is 0 Å². The highest BCUT2D eigenvalue weighted by Crippen LogP contribution is 2.28. The van der Waals surface area contributed by atoms with Crippen molar-refractivity contribution in [3.05, 3.63) is 60.2 Å². The van der Waals surface area contributed by atoms with Gasteiger partial charge in [0.25, 0.3) is 0 Å². The summed E-state index contributed by atoms with van der Waals surface area (Å²) in [5, 5.41) is 9.41. The summed E-state index contributed by atoms with van der Waals surface area (Å²) in [6.07, 6.45) is 1.10. The minimum Gasteiger partial charge on any atom is -0.508 e. The van der Waals surface area contributed by atoms with Crippen LogP contribution in [0.1, 0.15) is 31.9 Å². The summed E-state index contributed by atoms with van der Waals surface area (Å²) < 4.78 is 0. The second kappa shape index (κ2) is 6.28. The van der Waals surface area contributed by atoms with Crippen LogP contribution in [0.4, 0.5) is 5.69 Å². The number of hydrogen-bond acceptors (Lipinski definition) is 2. The summed E-state index contributed by atoms with van der Waals surface area (Å²) in [6.45, 7) is 5.41. The normalized spacial score (nSPS) is 12.1. The van der Waals surface area contributed by atoms with Gasteiger partial charge in [-0.2, -0.15) is 0 Å². The topological polar surface area (TPSA) is 23.5 Å². The Kier molecular flexibility index (Phi) is 4.45. The van der Waals surface area contributed by atoms with Crippen molar-refractivity contribution in [3.63, 3.8) is 0 Å². The lowest BCUT2D eigenvalue weighted by Gasteiger charge is -2.31. The zero-order valence-corrected chi connectivity index (χ0v) is 11.6. The van der Waals surface area contributed by atoms with E-state index in [1.165, 1.54) is 5.56 Å². The highest BCUT2D eigenvalue weighted by molar-refractivity contribution is 5.50. The maximum Gasteiger partial charge on any atom is 0.115 e. The largest absolute Gasteiger partial charge is 0.508 e. The second-order valence-electron chi connectivity index (χ2n) is 4.80. The highest BCUT2D eigenvalue weighted by Gasteiger charge is 2.15. The van der Waals surface area contributed by atoms with Crippen molar-refractivity contribution in [2.75, 3.05) is 11.4 Å². The van der Waals surface area contributed by atoms with Crippen LogP contribution < -0.4 is 4.90 Å². The molecule has 0 aliphatic rings. The first-order valence-electron chi connectivity index (χ1n) is 6.83. The van der Waals surface area contributed by atoms with E-state index in [0.717, 1.165) is 18.7 Å². The van der Waals surface area contributed by atoms with Crippen LogP contribution in [0.3, 0.4) is 0 Å². The Hall–Kier alpha value is -1.96. The van der Waals surface area contributed by atoms with Crippen LogP contribution in [0, 0.1) is 0 Å². The summed E-state index contributed by atoms with van der Waals surface area (Å²) >= 11 is 0. The van der Waals surface area contributed by atoms with Crippen molar-refractivity contribution >= 4 is 5.69 Å². The molecular weight excluding hydrogens is 234 g/mol. The van der Waals surface area contributed by atoms with Crippen molar-refractivity contribution in [1.82, 2.24) is 0 Å². The molecular formula is C17H21NO. The van der Waals surface area contributed by atoms with Gasteiger partial charge in [-0.25, -0.2) is 0 Å². The first kappa shape index (κ1) is 13.5. The van der Waals surface area contributed by atoms with Gasteiger partial charge in [-0.3, -0.25) is 0 Å². The number of rotatable bonds is 5. The molecule has 0 unspecified atom stereocenters. The van der Waals surface area contributed by atoms with E-state index in [1.807, 2.05) is 18.2 Å². The van der Waals surface area contributed by atoms with Crippen molar-refractivity contribution < 1.29 is 5.11 Å². The third kappa shape index (κ3) is 3.28. The zero-order valence-electron chi connectivity index (χ0n) is 11.6. The van der Waals surface area contributed by atoms with E-state index in [9.17, 15) is 5.11 Å². The summed E-state index contributed by atoms with van der Waals surface area (Å²) in [5.74, 6) is 0.313. The summed E-state index contributed by atoms with van der Waals surface area (Å²) in [4.78, 5) is 2.37. The summed E-state index contributed by atoms with van der Waals surface area (Å²) in [5.41, 5.74) is 2.46. The third-order valence-corrected chi connectivity index (χ3v) is 3.40. The Labute approximate surface area is 115 Å². The fourth-order valence-electron chi connectivity index (χ4n) is 2.34. The maximum absolute atomic E-state index is 9.41. The Balaban J connectivity index is 2.27. The molecule has 0 fully saturated rings. The minimum atomic E-state index is 0.313. The van der Waals surface area contributed by atoms with E-state index >= 15 is 0 Å². The molecule has 0 radical (unpaired) electrons. The van der Waals surface area contributed by atoms with Gasteiger partial charge < -0.3 is 10.0 Å². The Bertz CT molecular complexity index is 492. The highest BCUT2D eigenvalue weighted by atomic mass is 16.3. The van der Waals surface area contributed by atoms with Crippen molar-refractivity contribution in [2.24, 2.45) is 0 Å². The SMILES string of the molecule is CCCN(c1ccc(O)cc1)[C@H](C)c1ccccc1. The predicted octanol–water partition coefficient (Wildman–Crippen LogP) is 4.37. The first-order valence-corrected chi connectivity index (χ1v) is 6.83. The van der Waals surface area contributed by atoms with Gasteiger partial charge in [0.2, 0.25) is 0 Å². The maximum atomic E-state index is 9.41. The van der Waals surface area contributed by atoms with Crippen LogP contribution in [0.5, 0.6) is 5.75 Å². The van der Waals surface area contributed by atoms with E-state index in [2.05, 4.69) is 43.0 Å². The number of phenolic OH excluding ortho intramolecular Hbond substituents is 1. The summed E-state index contributed by atoms with van der Waals surface area (Å²) in [7, 11) is 0. The lowest BCUT2D eigenvalue weighted by Crippen LogP contribution is -2.27. The van der Waals surface area contributed by atoms with E-state index in [1.54, 1.807) is 12.1 Å². The molecule has 2 nitrogen and oxygen atoms in total. The van der Waals surface area contributed by atoms with Gasteiger partial charge in [0, 0.05) is 12.2 Å². The summed E-state index contributed by atoms with van der Waals surface area (Å²) in [6, 6.07) is 18.3. The molecule has 2 heteroatoms. The van der Waals surface area contributed by atoms with Crippen LogP contribution in [0.15, 0.2) is 54.6 Å². The Morgan fingerprint density at radius 1 is 1.00 bits per heavy atom. The molecule has 100 valence electrons. The number of nitrogens with zero attached hydrogens (tertiary/aromatic N) is 1. The molecule has 0 amide bonds. The molecule has 0 saturated heterocycles. The van der Waals surface area contributed by atoms with Crippen LogP contribution in [0.25, 0.3) is 0 Å². The lowest BCUT2D eigenvalue weighted by molar-refractivity contribution is 0.475. The fourth-order valence-corrected chi connectivity index (χ4v) is 2.34. The van der Waals surface area contributed by atoms with E-state index in [0.29, 0.717) is 11.8 Å². The molecule has 0 saturated carbocycles. The molecule has 2 aromatic rings. The van der Waals surface area contributed by atoms with Crippen molar-refractivity contribution in [3.8, 4) is 5.75 Å². The number of benzene rings is 2. The molecule has 0 aliphatic heterocycles. The second-order valence-corrected chi connectivity index (χ2v) is 4.80. The molecule has 1 atom stereocenters. The Morgan fingerprint density at radius 2 is 1.63 bits per heavy atom. The van der Waals surface area contributed by atoms with Crippen LogP contribution in [-0.2, 0) is 0 Å². The number of aromatic hydroxyl groups is 1. The third-order valence-electron chi connectivity index (χ3n) is 3.40. The molecule has 2 aromatic carbocycles. The van der Waals surface area contributed by atoms with Gasteiger partial charge in [0.1, 0.15) is 5.75 Å². The van der Waals surface area contributed by atoms with Crippen molar-refractivity contribution in [2.45, 2.75) is 26.3 Å². The molecule has 0 aromatic heterocycles. The zero-order chi connectivity index (χ0) is 13.7. The monoisotopic (exact) mass is 255 g/mol. The molecule has 1 N–H and O–H groups in total. The van der Waals surface area contributed by atoms with E-state index in [4.69, 9.17) is 0 Å². The van der Waals surface area contributed by atoms with Crippen LogP contribution in [0.2, 0.25) is 0 Å². The molecule has 0 bridgehead atoms. The number of hydrogen-bond donors (Lipinski definition) is 1. The standard InChI is InChI=1S/C17H21NO/c1-3-13-18(16-9-11-17(19)12-10-16)14(2)15-7-5-4-6-8-15/h4-12,14,19H,3,13H2,1-2H3/t14-/m1/s1. The van der Waals surface area contributed by atoms with E-state index in [-0.39, 0.29) is 0 Å². The quantitative estimate of drug-likeness (QED) is 0.857. The predicted molar refractivity (Wildman–Crippen MR) is 80.6 cm³/mol. The average molecular weight is 255 g/mol. The molecule has 0 heterocycles. The van der Waals surface area contributed by atoms with Crippen LogP contribution in [-0.4, -0.2) is 11.7 Å². The Morgan fingerprint density at radius 3 is 2.21 bits per heavy atom. The smallest absolute Gasteiger partial charge is 0.115 e. The van der Waals surface area contributed by atoms with E-state index < -0.39 is 0 Å². The van der Waals surface area contributed by atoms with Gasteiger partial charge in [-0.15, -0.1) is 0 Å². The van der Waals surface area contributed by atoms with Gasteiger partial charge in [-0.05, 0) is 43.2 Å². The fraction of sp³-hybridized carbons (Fsp3) is 0.294. The molecule has 0 spiro atoms. The average Bonchev–Trinajstić information content (AvgIpc) is 2.46. The minimum absolute atomic E-state index is 0.313. The number of anilines is 1.